The van der Waals surface area contributed by atoms with E-state index in [1.165, 1.54) is 0 Å². The van der Waals surface area contributed by atoms with E-state index in [1.54, 1.807) is 4.90 Å². The third kappa shape index (κ3) is 6.43. The Morgan fingerprint density at radius 3 is 2.30 bits per heavy atom. The molecule has 0 aliphatic rings. The summed E-state index contributed by atoms with van der Waals surface area (Å²) in [4.78, 5) is 26.8. The number of nitrogens with one attached hydrogen (secondary N) is 1. The number of carbonyl (C=O) groups excluding carboxylic acids is 2. The van der Waals surface area contributed by atoms with Crippen molar-refractivity contribution >= 4 is 11.8 Å². The molecule has 4 nitrogen and oxygen atoms in total. The van der Waals surface area contributed by atoms with E-state index in [2.05, 4.69) is 19.2 Å². The van der Waals surface area contributed by atoms with Gasteiger partial charge in [-0.05, 0) is 24.3 Å². The number of benzene rings is 1. The largest absolute Gasteiger partial charge is 0.354 e. The molecule has 128 valence electrons. The molecule has 1 aromatic carbocycles. The summed E-state index contributed by atoms with van der Waals surface area (Å²) >= 11 is 0. The van der Waals surface area contributed by atoms with Crippen molar-refractivity contribution in [2.75, 3.05) is 6.54 Å². The van der Waals surface area contributed by atoms with Crippen LogP contribution in [0.15, 0.2) is 30.3 Å². The van der Waals surface area contributed by atoms with Crippen molar-refractivity contribution in [1.29, 1.82) is 0 Å². The van der Waals surface area contributed by atoms with Crippen LogP contribution in [-0.4, -0.2) is 29.3 Å². The molecule has 0 unspecified atom stereocenters. The van der Waals surface area contributed by atoms with E-state index >= 15 is 0 Å². The van der Waals surface area contributed by atoms with Crippen molar-refractivity contribution in [3.05, 3.63) is 35.9 Å². The number of hydrogen-bond donors (Lipinski definition) is 1. The number of amides is 2. The zero-order valence-electron chi connectivity index (χ0n) is 14.8. The molecule has 0 spiro atoms. The molecule has 1 aromatic rings. The predicted molar refractivity (Wildman–Crippen MR) is 93.8 cm³/mol. The van der Waals surface area contributed by atoms with Gasteiger partial charge in [-0.25, -0.2) is 0 Å². The molecule has 0 aromatic heterocycles. The Morgan fingerprint density at radius 1 is 1.13 bits per heavy atom. The van der Waals surface area contributed by atoms with Crippen LogP contribution >= 0.6 is 0 Å². The third-order valence-electron chi connectivity index (χ3n) is 3.73. The van der Waals surface area contributed by atoms with Crippen LogP contribution in [0, 0.1) is 5.92 Å². The van der Waals surface area contributed by atoms with Crippen LogP contribution in [-0.2, 0) is 16.1 Å². The summed E-state index contributed by atoms with van der Waals surface area (Å²) in [6.45, 7) is 9.18. The molecule has 0 saturated heterocycles. The minimum Gasteiger partial charge on any atom is -0.354 e. The first kappa shape index (κ1) is 19.2. The lowest BCUT2D eigenvalue weighted by molar-refractivity contribution is -0.141. The Morgan fingerprint density at radius 2 is 1.78 bits per heavy atom. The van der Waals surface area contributed by atoms with E-state index < -0.39 is 6.04 Å². The van der Waals surface area contributed by atoms with Crippen molar-refractivity contribution in [2.45, 2.75) is 59.5 Å². The van der Waals surface area contributed by atoms with Gasteiger partial charge in [0, 0.05) is 19.5 Å². The fourth-order valence-corrected chi connectivity index (χ4v) is 2.48. The summed E-state index contributed by atoms with van der Waals surface area (Å²) in [6.07, 6.45) is 1.88. The highest BCUT2D eigenvalue weighted by atomic mass is 16.2. The van der Waals surface area contributed by atoms with Crippen LogP contribution in [0.5, 0.6) is 0 Å². The molecule has 0 saturated carbocycles. The fourth-order valence-electron chi connectivity index (χ4n) is 2.48. The molecule has 0 aliphatic carbocycles. The smallest absolute Gasteiger partial charge is 0.242 e. The third-order valence-corrected chi connectivity index (χ3v) is 3.73. The van der Waals surface area contributed by atoms with Gasteiger partial charge in [-0.2, -0.15) is 0 Å². The second-order valence-electron chi connectivity index (χ2n) is 6.32. The molecule has 1 N–H and O–H groups in total. The van der Waals surface area contributed by atoms with Gasteiger partial charge in [-0.3, -0.25) is 9.59 Å². The predicted octanol–water partition coefficient (Wildman–Crippen LogP) is 3.37. The van der Waals surface area contributed by atoms with Crippen LogP contribution in [0.2, 0.25) is 0 Å². The zero-order chi connectivity index (χ0) is 17.2. The normalized spacial score (nSPS) is 12.0. The molecule has 0 bridgehead atoms. The maximum atomic E-state index is 12.5. The highest BCUT2D eigenvalue weighted by molar-refractivity contribution is 5.87. The summed E-state index contributed by atoms with van der Waals surface area (Å²) in [5, 5.41) is 2.96. The monoisotopic (exact) mass is 318 g/mol. The van der Waals surface area contributed by atoms with Gasteiger partial charge in [0.1, 0.15) is 6.04 Å². The van der Waals surface area contributed by atoms with Gasteiger partial charge in [0.05, 0.1) is 0 Å². The number of hydrogen-bond acceptors (Lipinski definition) is 2. The molecule has 0 aliphatic heterocycles. The molecule has 23 heavy (non-hydrogen) atoms. The Labute approximate surface area is 140 Å². The van der Waals surface area contributed by atoms with Crippen LogP contribution in [0.1, 0.15) is 52.5 Å². The molecule has 1 rings (SSSR count). The summed E-state index contributed by atoms with van der Waals surface area (Å²) in [6, 6.07) is 9.44. The van der Waals surface area contributed by atoms with Crippen LogP contribution in [0.3, 0.4) is 0 Å². The first-order valence-electron chi connectivity index (χ1n) is 8.60. The van der Waals surface area contributed by atoms with E-state index in [0.717, 1.165) is 12.0 Å². The van der Waals surface area contributed by atoms with Crippen molar-refractivity contribution < 1.29 is 9.59 Å². The summed E-state index contributed by atoms with van der Waals surface area (Å²) in [5.74, 6) is 0.384. The molecule has 4 heteroatoms. The second-order valence-corrected chi connectivity index (χ2v) is 6.32. The Kier molecular flexibility index (Phi) is 8.38. The van der Waals surface area contributed by atoms with E-state index in [-0.39, 0.29) is 11.8 Å². The van der Waals surface area contributed by atoms with Gasteiger partial charge < -0.3 is 10.2 Å². The van der Waals surface area contributed by atoms with Crippen molar-refractivity contribution in [3.63, 3.8) is 0 Å². The topological polar surface area (TPSA) is 49.4 Å². The van der Waals surface area contributed by atoms with E-state index in [9.17, 15) is 9.59 Å². The zero-order valence-corrected chi connectivity index (χ0v) is 14.8. The fraction of sp³-hybridized carbons (Fsp3) is 0.579. The highest BCUT2D eigenvalue weighted by Gasteiger charge is 2.27. The average molecular weight is 318 g/mol. The van der Waals surface area contributed by atoms with Crippen molar-refractivity contribution in [2.24, 2.45) is 5.92 Å². The minimum absolute atomic E-state index is 0.0444. The van der Waals surface area contributed by atoms with Gasteiger partial charge in [-0.15, -0.1) is 0 Å². The number of rotatable bonds is 9. The van der Waals surface area contributed by atoms with Gasteiger partial charge in [0.15, 0.2) is 0 Å². The van der Waals surface area contributed by atoms with Crippen LogP contribution in [0.25, 0.3) is 0 Å². The van der Waals surface area contributed by atoms with Gasteiger partial charge >= 0.3 is 0 Å². The summed E-state index contributed by atoms with van der Waals surface area (Å²) < 4.78 is 0. The van der Waals surface area contributed by atoms with E-state index in [0.29, 0.717) is 31.8 Å². The Hall–Kier alpha value is -1.84. The molecule has 2 amide bonds. The average Bonchev–Trinajstić information content (AvgIpc) is 2.53. The van der Waals surface area contributed by atoms with Crippen LogP contribution in [0.4, 0.5) is 0 Å². The Bertz CT molecular complexity index is 485. The van der Waals surface area contributed by atoms with Crippen molar-refractivity contribution in [1.82, 2.24) is 10.2 Å². The van der Waals surface area contributed by atoms with Gasteiger partial charge in [0.2, 0.25) is 11.8 Å². The Balaban J connectivity index is 2.90. The first-order valence-corrected chi connectivity index (χ1v) is 8.60. The lowest BCUT2D eigenvalue weighted by atomic mass is 10.1. The lowest BCUT2D eigenvalue weighted by Gasteiger charge is -2.31. The molecular formula is C19H30N2O2. The maximum absolute atomic E-state index is 12.5. The second kappa shape index (κ2) is 10.0. The molecule has 0 radical (unpaired) electrons. The molecular weight excluding hydrogens is 288 g/mol. The lowest BCUT2D eigenvalue weighted by Crippen LogP contribution is -2.49. The van der Waals surface area contributed by atoms with Crippen molar-refractivity contribution in [3.8, 4) is 0 Å². The quantitative estimate of drug-likeness (QED) is 0.759. The first-order chi connectivity index (χ1) is 11.0. The molecule has 1 atom stereocenters. The highest BCUT2D eigenvalue weighted by Crippen LogP contribution is 2.14. The van der Waals surface area contributed by atoms with Gasteiger partial charge in [-0.1, -0.05) is 58.0 Å². The van der Waals surface area contributed by atoms with Gasteiger partial charge in [0.25, 0.3) is 0 Å². The van der Waals surface area contributed by atoms with E-state index in [4.69, 9.17) is 0 Å². The maximum Gasteiger partial charge on any atom is 0.242 e. The van der Waals surface area contributed by atoms with Crippen LogP contribution < -0.4 is 5.32 Å². The standard InChI is InChI=1S/C19H30N2O2/c1-5-10-18(22)21(14-16-11-8-7-9-12-16)17(6-2)19(23)20-13-15(3)4/h7-9,11-12,15,17H,5-6,10,13-14H2,1-4H3,(H,20,23)/t17-/m0/s1. The number of nitrogens with zero attached hydrogens (tertiary/aromatic N) is 1. The molecule has 0 heterocycles. The number of carbonyl (C=O) groups is 2. The summed E-state index contributed by atoms with van der Waals surface area (Å²) in [7, 11) is 0. The SMILES string of the molecule is CCCC(=O)N(Cc1ccccc1)[C@@H](CC)C(=O)NCC(C)C. The van der Waals surface area contributed by atoms with E-state index in [1.807, 2.05) is 44.2 Å². The molecule has 0 fully saturated rings. The summed E-state index contributed by atoms with van der Waals surface area (Å²) in [5.41, 5.74) is 1.05. The minimum atomic E-state index is -0.409.